The average molecular weight is 407 g/mol. The molecular formula is C23H16Cl2N2O. The number of fused-ring (bicyclic) bond motifs is 1. The fraction of sp³-hybridized carbons (Fsp3) is 0.0435. The lowest BCUT2D eigenvalue weighted by atomic mass is 10.2. The SMILES string of the molecule is Cc1ccc2oc(-c3ccc(N=CC=Cc4ccc(Cl)cc4Cl)cc3)nc2c1. The van der Waals surface area contributed by atoms with Gasteiger partial charge in [-0.3, -0.25) is 4.99 Å². The van der Waals surface area contributed by atoms with Crippen LogP contribution in [0.15, 0.2) is 76.1 Å². The van der Waals surface area contributed by atoms with Crippen LogP contribution in [0.1, 0.15) is 11.1 Å². The monoisotopic (exact) mass is 406 g/mol. The van der Waals surface area contributed by atoms with Gasteiger partial charge in [0.25, 0.3) is 0 Å². The summed E-state index contributed by atoms with van der Waals surface area (Å²) in [5, 5.41) is 1.22. The van der Waals surface area contributed by atoms with Crippen LogP contribution in [0, 0.1) is 6.92 Å². The van der Waals surface area contributed by atoms with E-state index in [4.69, 9.17) is 27.6 Å². The maximum absolute atomic E-state index is 6.14. The van der Waals surface area contributed by atoms with Crippen molar-refractivity contribution in [2.24, 2.45) is 4.99 Å². The molecule has 0 saturated carbocycles. The molecule has 3 nitrogen and oxygen atoms in total. The van der Waals surface area contributed by atoms with Crippen LogP contribution >= 0.6 is 23.2 Å². The molecule has 138 valence electrons. The van der Waals surface area contributed by atoms with Gasteiger partial charge in [-0.1, -0.05) is 41.4 Å². The number of aliphatic imine (C=N–C) groups is 1. The van der Waals surface area contributed by atoms with Gasteiger partial charge in [0.05, 0.1) is 5.69 Å². The number of nitrogens with zero attached hydrogens (tertiary/aromatic N) is 2. The summed E-state index contributed by atoms with van der Waals surface area (Å²) in [5.74, 6) is 0.605. The molecule has 5 heteroatoms. The molecule has 0 N–H and O–H groups in total. The molecule has 3 aromatic carbocycles. The Labute approximate surface area is 173 Å². The summed E-state index contributed by atoms with van der Waals surface area (Å²) in [6.07, 6.45) is 5.45. The van der Waals surface area contributed by atoms with E-state index in [1.54, 1.807) is 18.3 Å². The molecule has 0 unspecified atom stereocenters. The van der Waals surface area contributed by atoms with Crippen molar-refractivity contribution in [3.63, 3.8) is 0 Å². The van der Waals surface area contributed by atoms with Crippen molar-refractivity contribution in [2.45, 2.75) is 6.92 Å². The van der Waals surface area contributed by atoms with E-state index in [1.807, 2.05) is 67.6 Å². The quantitative estimate of drug-likeness (QED) is 0.328. The van der Waals surface area contributed by atoms with Crippen LogP contribution < -0.4 is 0 Å². The molecule has 0 fully saturated rings. The molecule has 0 atom stereocenters. The Morgan fingerprint density at radius 3 is 2.57 bits per heavy atom. The van der Waals surface area contributed by atoms with Crippen LogP contribution in [0.3, 0.4) is 0 Å². The molecule has 0 aliphatic rings. The molecule has 4 aromatic rings. The van der Waals surface area contributed by atoms with Crippen molar-refractivity contribution in [2.75, 3.05) is 0 Å². The van der Waals surface area contributed by atoms with Crippen LogP contribution in [-0.4, -0.2) is 11.2 Å². The summed E-state index contributed by atoms with van der Waals surface area (Å²) in [6.45, 7) is 2.04. The first-order valence-corrected chi connectivity index (χ1v) is 9.47. The molecule has 0 aliphatic carbocycles. The van der Waals surface area contributed by atoms with E-state index in [-0.39, 0.29) is 0 Å². The van der Waals surface area contributed by atoms with Crippen molar-refractivity contribution in [3.8, 4) is 11.5 Å². The number of aromatic nitrogens is 1. The normalized spacial score (nSPS) is 11.8. The standard InChI is InChI=1S/C23H16Cl2N2O/c1-15-4-11-22-21(13-15)27-23(28-22)17-6-9-19(10-7-17)26-12-2-3-16-5-8-18(24)14-20(16)25/h2-14H,1H3. The first-order chi connectivity index (χ1) is 13.6. The minimum Gasteiger partial charge on any atom is -0.436 e. The van der Waals surface area contributed by atoms with E-state index < -0.39 is 0 Å². The Bertz CT molecular complexity index is 1190. The Balaban J connectivity index is 1.48. The van der Waals surface area contributed by atoms with Crippen molar-refractivity contribution >= 4 is 52.3 Å². The van der Waals surface area contributed by atoms with Gasteiger partial charge in [-0.05, 0) is 72.7 Å². The third-order valence-electron chi connectivity index (χ3n) is 4.21. The highest BCUT2D eigenvalue weighted by molar-refractivity contribution is 6.35. The highest BCUT2D eigenvalue weighted by Crippen LogP contribution is 2.26. The van der Waals surface area contributed by atoms with Crippen molar-refractivity contribution in [1.82, 2.24) is 4.98 Å². The Kier molecular flexibility index (Phi) is 5.29. The Morgan fingerprint density at radius 2 is 1.79 bits per heavy atom. The molecule has 0 amide bonds. The zero-order chi connectivity index (χ0) is 19.5. The summed E-state index contributed by atoms with van der Waals surface area (Å²) in [4.78, 5) is 8.98. The number of hydrogen-bond donors (Lipinski definition) is 0. The molecule has 1 aromatic heterocycles. The largest absolute Gasteiger partial charge is 0.436 e. The van der Waals surface area contributed by atoms with Crippen LogP contribution in [0.2, 0.25) is 10.0 Å². The van der Waals surface area contributed by atoms with E-state index in [0.717, 1.165) is 33.5 Å². The first kappa shape index (κ1) is 18.5. The first-order valence-electron chi connectivity index (χ1n) is 8.72. The molecule has 0 bridgehead atoms. The number of aryl methyl sites for hydroxylation is 1. The predicted molar refractivity (Wildman–Crippen MR) is 118 cm³/mol. The average Bonchev–Trinajstić information content (AvgIpc) is 3.10. The summed E-state index contributed by atoms with van der Waals surface area (Å²) in [7, 11) is 0. The van der Waals surface area contributed by atoms with Gasteiger partial charge in [-0.15, -0.1) is 0 Å². The topological polar surface area (TPSA) is 38.4 Å². The summed E-state index contributed by atoms with van der Waals surface area (Å²) in [5.41, 5.74) is 5.44. The van der Waals surface area contributed by atoms with Gasteiger partial charge in [0.2, 0.25) is 5.89 Å². The lowest BCUT2D eigenvalue weighted by molar-refractivity contribution is 0.620. The Morgan fingerprint density at radius 1 is 0.964 bits per heavy atom. The third kappa shape index (κ3) is 4.16. The third-order valence-corrected chi connectivity index (χ3v) is 4.77. The van der Waals surface area contributed by atoms with Gasteiger partial charge in [0.1, 0.15) is 5.52 Å². The molecule has 0 radical (unpaired) electrons. The molecule has 0 spiro atoms. The fourth-order valence-electron chi connectivity index (χ4n) is 2.76. The van der Waals surface area contributed by atoms with E-state index >= 15 is 0 Å². The van der Waals surface area contributed by atoms with Gasteiger partial charge < -0.3 is 4.42 Å². The number of hydrogen-bond acceptors (Lipinski definition) is 3. The highest BCUT2D eigenvalue weighted by atomic mass is 35.5. The minimum atomic E-state index is 0.605. The van der Waals surface area contributed by atoms with Crippen molar-refractivity contribution in [3.05, 3.63) is 87.9 Å². The van der Waals surface area contributed by atoms with Gasteiger partial charge in [-0.2, -0.15) is 0 Å². The maximum Gasteiger partial charge on any atom is 0.227 e. The minimum absolute atomic E-state index is 0.605. The maximum atomic E-state index is 6.14. The molecule has 28 heavy (non-hydrogen) atoms. The zero-order valence-electron chi connectivity index (χ0n) is 15.1. The number of oxazole rings is 1. The number of allylic oxidation sites excluding steroid dienone is 1. The second-order valence-electron chi connectivity index (χ2n) is 6.34. The van der Waals surface area contributed by atoms with Crippen molar-refractivity contribution < 1.29 is 4.42 Å². The molecule has 0 saturated heterocycles. The highest BCUT2D eigenvalue weighted by Gasteiger charge is 2.08. The van der Waals surface area contributed by atoms with Crippen molar-refractivity contribution in [1.29, 1.82) is 0 Å². The van der Waals surface area contributed by atoms with E-state index in [0.29, 0.717) is 15.9 Å². The summed E-state index contributed by atoms with van der Waals surface area (Å²) in [6, 6.07) is 19.1. The lowest BCUT2D eigenvalue weighted by Gasteiger charge is -1.98. The molecule has 1 heterocycles. The van der Waals surface area contributed by atoms with E-state index in [2.05, 4.69) is 9.98 Å². The van der Waals surface area contributed by atoms with Crippen LogP contribution in [-0.2, 0) is 0 Å². The van der Waals surface area contributed by atoms with E-state index in [1.165, 1.54) is 0 Å². The molecular weight excluding hydrogens is 391 g/mol. The van der Waals surface area contributed by atoms with Crippen LogP contribution in [0.4, 0.5) is 5.69 Å². The second-order valence-corrected chi connectivity index (χ2v) is 7.18. The van der Waals surface area contributed by atoms with Gasteiger partial charge in [-0.25, -0.2) is 4.98 Å². The van der Waals surface area contributed by atoms with Crippen LogP contribution in [0.25, 0.3) is 28.6 Å². The second kappa shape index (κ2) is 8.01. The lowest BCUT2D eigenvalue weighted by Crippen LogP contribution is -1.77. The Hall–Kier alpha value is -2.88. The fourth-order valence-corrected chi connectivity index (χ4v) is 3.23. The number of halogens is 2. The smallest absolute Gasteiger partial charge is 0.227 e. The zero-order valence-corrected chi connectivity index (χ0v) is 16.6. The van der Waals surface area contributed by atoms with Gasteiger partial charge in [0, 0.05) is 21.8 Å². The van der Waals surface area contributed by atoms with Gasteiger partial charge in [0.15, 0.2) is 5.58 Å². The van der Waals surface area contributed by atoms with Crippen LogP contribution in [0.5, 0.6) is 0 Å². The summed E-state index contributed by atoms with van der Waals surface area (Å²) >= 11 is 12.0. The predicted octanol–water partition coefficient (Wildman–Crippen LogP) is 7.53. The number of rotatable bonds is 4. The summed E-state index contributed by atoms with van der Waals surface area (Å²) < 4.78 is 5.83. The molecule has 0 aliphatic heterocycles. The molecule has 4 rings (SSSR count). The number of benzene rings is 3. The van der Waals surface area contributed by atoms with Gasteiger partial charge >= 0.3 is 0 Å². The van der Waals surface area contributed by atoms with E-state index in [9.17, 15) is 0 Å².